The van der Waals surface area contributed by atoms with Gasteiger partial charge in [0.05, 0.1) is 0 Å². The molecule has 1 unspecified atom stereocenters. The van der Waals surface area contributed by atoms with E-state index in [1.54, 1.807) is 0 Å². The molecule has 0 aromatic rings. The fraction of sp³-hybridized carbons (Fsp3) is 1.00. The second-order valence-corrected chi connectivity index (χ2v) is 7.77. The lowest BCUT2D eigenvalue weighted by atomic mass is 9.98. The van der Waals surface area contributed by atoms with E-state index in [9.17, 15) is 0 Å². The summed E-state index contributed by atoms with van der Waals surface area (Å²) in [5.74, 6) is 0. The lowest BCUT2D eigenvalue weighted by Crippen LogP contribution is -2.60. The Morgan fingerprint density at radius 1 is 0.905 bits per heavy atom. The first-order chi connectivity index (χ1) is 10.0. The minimum absolute atomic E-state index is 0.297. The number of piperazine rings is 1. The number of rotatable bonds is 11. The molecule has 0 saturated carbocycles. The predicted molar refractivity (Wildman–Crippen MR) is 95.0 cm³/mol. The summed E-state index contributed by atoms with van der Waals surface area (Å²) in [6.07, 6.45) is 14.3. The van der Waals surface area contributed by atoms with Gasteiger partial charge in [0.25, 0.3) is 0 Å². The lowest BCUT2D eigenvalue weighted by molar-refractivity contribution is 0.103. The van der Waals surface area contributed by atoms with E-state index in [0.29, 0.717) is 11.6 Å². The molecule has 1 rings (SSSR count). The van der Waals surface area contributed by atoms with Crippen molar-refractivity contribution in [2.24, 2.45) is 0 Å². The topological polar surface area (TPSA) is 15.3 Å². The van der Waals surface area contributed by atoms with Crippen molar-refractivity contribution in [1.29, 1.82) is 0 Å². The van der Waals surface area contributed by atoms with Crippen molar-refractivity contribution >= 4 is 0 Å². The van der Waals surface area contributed by atoms with Crippen molar-refractivity contribution in [1.82, 2.24) is 10.2 Å². The summed E-state index contributed by atoms with van der Waals surface area (Å²) >= 11 is 0. The zero-order valence-electron chi connectivity index (χ0n) is 15.2. The Balaban J connectivity index is 1.94. The fourth-order valence-electron chi connectivity index (χ4n) is 3.37. The zero-order valence-corrected chi connectivity index (χ0v) is 15.2. The molecule has 21 heavy (non-hydrogen) atoms. The van der Waals surface area contributed by atoms with Gasteiger partial charge in [0.2, 0.25) is 0 Å². The van der Waals surface area contributed by atoms with Gasteiger partial charge in [0.1, 0.15) is 0 Å². The molecule has 1 heterocycles. The van der Waals surface area contributed by atoms with E-state index in [0.717, 1.165) is 6.54 Å². The highest BCUT2D eigenvalue weighted by molar-refractivity contribution is 4.90. The Bertz CT molecular complexity index is 250. The van der Waals surface area contributed by atoms with Crippen molar-refractivity contribution in [2.75, 3.05) is 19.6 Å². The summed E-state index contributed by atoms with van der Waals surface area (Å²) in [6.45, 7) is 12.9. The zero-order chi connectivity index (χ0) is 15.6. The van der Waals surface area contributed by atoms with Crippen LogP contribution in [-0.2, 0) is 0 Å². The third-order valence-electron chi connectivity index (χ3n) is 4.90. The highest BCUT2D eigenvalue weighted by Gasteiger charge is 2.29. The predicted octanol–water partition coefficient (Wildman–Crippen LogP) is 4.98. The van der Waals surface area contributed by atoms with Gasteiger partial charge in [0, 0.05) is 24.7 Å². The minimum Gasteiger partial charge on any atom is -0.309 e. The second kappa shape index (κ2) is 10.6. The van der Waals surface area contributed by atoms with Crippen LogP contribution in [-0.4, -0.2) is 36.1 Å². The highest BCUT2D eigenvalue weighted by Crippen LogP contribution is 2.16. The molecule has 1 saturated heterocycles. The van der Waals surface area contributed by atoms with Gasteiger partial charge < -0.3 is 5.32 Å². The molecule has 2 nitrogen and oxygen atoms in total. The monoisotopic (exact) mass is 296 g/mol. The minimum atomic E-state index is 0.297. The average molecular weight is 297 g/mol. The number of nitrogens with one attached hydrogen (secondary N) is 1. The molecular weight excluding hydrogens is 256 g/mol. The quantitative estimate of drug-likeness (QED) is 0.541. The maximum absolute atomic E-state index is 3.64. The number of hydrogen-bond acceptors (Lipinski definition) is 2. The first-order valence-electron chi connectivity index (χ1n) is 9.54. The maximum atomic E-state index is 3.64. The average Bonchev–Trinajstić information content (AvgIpc) is 2.44. The molecule has 1 atom stereocenters. The van der Waals surface area contributed by atoms with Gasteiger partial charge in [0.15, 0.2) is 0 Å². The van der Waals surface area contributed by atoms with Gasteiger partial charge >= 0.3 is 0 Å². The van der Waals surface area contributed by atoms with Crippen molar-refractivity contribution in [3.63, 3.8) is 0 Å². The molecule has 1 aliphatic heterocycles. The molecule has 0 amide bonds. The van der Waals surface area contributed by atoms with Gasteiger partial charge in [-0.15, -0.1) is 0 Å². The highest BCUT2D eigenvalue weighted by atomic mass is 15.2. The number of unbranched alkanes of at least 4 members (excludes halogenated alkanes) is 9. The molecule has 1 fully saturated rings. The number of nitrogens with zero attached hydrogens (tertiary/aromatic N) is 1. The Kier molecular flexibility index (Phi) is 9.59. The van der Waals surface area contributed by atoms with Crippen molar-refractivity contribution in [3.05, 3.63) is 0 Å². The summed E-state index contributed by atoms with van der Waals surface area (Å²) in [4.78, 5) is 2.68. The Morgan fingerprint density at radius 3 is 2.00 bits per heavy atom. The van der Waals surface area contributed by atoms with Crippen LogP contribution in [0, 0.1) is 0 Å². The Labute approximate surface area is 134 Å². The molecule has 2 heteroatoms. The van der Waals surface area contributed by atoms with E-state index < -0.39 is 0 Å². The Morgan fingerprint density at radius 2 is 1.43 bits per heavy atom. The van der Waals surface area contributed by atoms with Crippen molar-refractivity contribution in [2.45, 2.75) is 103 Å². The van der Waals surface area contributed by atoms with E-state index in [1.807, 2.05) is 0 Å². The fourth-order valence-corrected chi connectivity index (χ4v) is 3.37. The van der Waals surface area contributed by atoms with Gasteiger partial charge in [-0.1, -0.05) is 64.7 Å². The van der Waals surface area contributed by atoms with Crippen LogP contribution in [0.15, 0.2) is 0 Å². The molecule has 0 aliphatic carbocycles. The van der Waals surface area contributed by atoms with E-state index >= 15 is 0 Å². The largest absolute Gasteiger partial charge is 0.309 e. The molecular formula is C19H40N2. The smallest absolute Gasteiger partial charge is 0.0252 e. The van der Waals surface area contributed by atoms with E-state index in [-0.39, 0.29) is 0 Å². The summed E-state index contributed by atoms with van der Waals surface area (Å²) in [5.41, 5.74) is 0.297. The van der Waals surface area contributed by atoms with Gasteiger partial charge in [-0.25, -0.2) is 0 Å². The summed E-state index contributed by atoms with van der Waals surface area (Å²) in [5, 5.41) is 3.64. The van der Waals surface area contributed by atoms with Crippen LogP contribution < -0.4 is 5.32 Å². The van der Waals surface area contributed by atoms with E-state index in [2.05, 4.69) is 37.9 Å². The third-order valence-corrected chi connectivity index (χ3v) is 4.90. The molecule has 1 aliphatic rings. The van der Waals surface area contributed by atoms with Gasteiger partial charge in [-0.2, -0.15) is 0 Å². The Hall–Kier alpha value is -0.0800. The molecule has 126 valence electrons. The first-order valence-corrected chi connectivity index (χ1v) is 9.54. The normalized spacial score (nSPS) is 22.6. The van der Waals surface area contributed by atoms with E-state index in [1.165, 1.54) is 77.3 Å². The molecule has 0 aromatic carbocycles. The maximum Gasteiger partial charge on any atom is 0.0252 e. The molecule has 0 spiro atoms. The van der Waals surface area contributed by atoms with Crippen LogP contribution in [0.4, 0.5) is 0 Å². The van der Waals surface area contributed by atoms with Crippen LogP contribution in [0.5, 0.6) is 0 Å². The van der Waals surface area contributed by atoms with Crippen molar-refractivity contribution < 1.29 is 0 Å². The third kappa shape index (κ3) is 8.83. The standard InChI is InChI=1S/C19H40N2/c1-5-6-7-8-9-10-11-12-13-14-15-21-17-19(3,4)20-16-18(21)2/h18,20H,5-17H2,1-4H3. The van der Waals surface area contributed by atoms with Gasteiger partial charge in [-0.3, -0.25) is 4.90 Å². The molecule has 1 N–H and O–H groups in total. The van der Waals surface area contributed by atoms with Crippen molar-refractivity contribution in [3.8, 4) is 0 Å². The van der Waals surface area contributed by atoms with Crippen LogP contribution in [0.1, 0.15) is 91.9 Å². The van der Waals surface area contributed by atoms with Crippen LogP contribution in [0.2, 0.25) is 0 Å². The summed E-state index contributed by atoms with van der Waals surface area (Å²) in [6, 6.07) is 0.705. The van der Waals surface area contributed by atoms with Crippen LogP contribution in [0.3, 0.4) is 0 Å². The number of hydrogen-bond donors (Lipinski definition) is 1. The molecule has 0 bridgehead atoms. The summed E-state index contributed by atoms with van der Waals surface area (Å²) < 4.78 is 0. The van der Waals surface area contributed by atoms with E-state index in [4.69, 9.17) is 0 Å². The summed E-state index contributed by atoms with van der Waals surface area (Å²) in [7, 11) is 0. The van der Waals surface area contributed by atoms with Gasteiger partial charge in [-0.05, 0) is 33.7 Å². The van der Waals surface area contributed by atoms with Crippen LogP contribution >= 0.6 is 0 Å². The van der Waals surface area contributed by atoms with Crippen LogP contribution in [0.25, 0.3) is 0 Å². The first kappa shape index (κ1) is 19.0. The lowest BCUT2D eigenvalue weighted by Gasteiger charge is -2.43. The SMILES string of the molecule is CCCCCCCCCCCCN1CC(C)(C)NCC1C. The second-order valence-electron chi connectivity index (χ2n) is 7.77. The molecule has 0 aromatic heterocycles. The molecule has 0 radical (unpaired) electrons.